The lowest BCUT2D eigenvalue weighted by molar-refractivity contribution is -0.176. The number of benzene rings is 1. The van der Waals surface area contributed by atoms with Gasteiger partial charge in [-0.05, 0) is 31.4 Å². The molecule has 1 aromatic rings. The molecule has 20 heavy (non-hydrogen) atoms. The van der Waals surface area contributed by atoms with Gasteiger partial charge in [0.2, 0.25) is 0 Å². The standard InChI is InChI=1S/C14H18F3N3/c1-9-4-2-6-11(13(18)19)12(9)20-7-3-5-10(8-20)14(15,16)17/h2,4,6,10H,3,5,7-8H2,1H3,(H3,18,19). The number of aryl methyl sites for hydroxylation is 1. The van der Waals surface area contributed by atoms with Gasteiger partial charge in [0.05, 0.1) is 11.6 Å². The van der Waals surface area contributed by atoms with Crippen molar-refractivity contribution in [3.63, 3.8) is 0 Å². The molecule has 3 nitrogen and oxygen atoms in total. The van der Waals surface area contributed by atoms with E-state index in [-0.39, 0.29) is 18.8 Å². The van der Waals surface area contributed by atoms with Crippen molar-refractivity contribution in [2.45, 2.75) is 25.9 Å². The summed E-state index contributed by atoms with van der Waals surface area (Å²) in [5, 5.41) is 7.59. The fourth-order valence-electron chi connectivity index (χ4n) is 2.74. The van der Waals surface area contributed by atoms with Crippen molar-refractivity contribution < 1.29 is 13.2 Å². The molecule has 2 rings (SSSR count). The van der Waals surface area contributed by atoms with Crippen molar-refractivity contribution in [1.82, 2.24) is 0 Å². The molecule has 0 aromatic heterocycles. The summed E-state index contributed by atoms with van der Waals surface area (Å²) < 4.78 is 38.7. The third kappa shape index (κ3) is 2.89. The van der Waals surface area contributed by atoms with Crippen LogP contribution >= 0.6 is 0 Å². The number of nitrogens with zero attached hydrogens (tertiary/aromatic N) is 1. The normalized spacial score (nSPS) is 20.0. The Hall–Kier alpha value is -1.72. The minimum atomic E-state index is -4.17. The van der Waals surface area contributed by atoms with Gasteiger partial charge < -0.3 is 10.6 Å². The zero-order chi connectivity index (χ0) is 14.9. The minimum absolute atomic E-state index is 0.0609. The van der Waals surface area contributed by atoms with Crippen molar-refractivity contribution in [2.75, 3.05) is 18.0 Å². The van der Waals surface area contributed by atoms with E-state index in [1.54, 1.807) is 17.0 Å². The summed E-state index contributed by atoms with van der Waals surface area (Å²) in [7, 11) is 0. The van der Waals surface area contributed by atoms with Gasteiger partial charge in [-0.3, -0.25) is 5.41 Å². The molecule has 1 atom stereocenters. The zero-order valence-corrected chi connectivity index (χ0v) is 11.3. The number of amidine groups is 1. The van der Waals surface area contributed by atoms with Crippen LogP contribution in [-0.4, -0.2) is 25.1 Å². The lowest BCUT2D eigenvalue weighted by Crippen LogP contribution is -2.42. The molecule has 0 amide bonds. The van der Waals surface area contributed by atoms with E-state index in [9.17, 15) is 13.2 Å². The third-order valence-corrected chi connectivity index (χ3v) is 3.73. The number of hydrogen-bond donors (Lipinski definition) is 2. The first-order chi connectivity index (χ1) is 9.30. The molecule has 0 bridgehead atoms. The number of nitrogen functional groups attached to an aromatic ring is 1. The smallest absolute Gasteiger partial charge is 0.384 e. The van der Waals surface area contributed by atoms with E-state index in [4.69, 9.17) is 11.1 Å². The van der Waals surface area contributed by atoms with Crippen molar-refractivity contribution in [1.29, 1.82) is 5.41 Å². The number of hydrogen-bond acceptors (Lipinski definition) is 2. The van der Waals surface area contributed by atoms with Gasteiger partial charge in [0.25, 0.3) is 0 Å². The fourth-order valence-corrected chi connectivity index (χ4v) is 2.74. The number of piperidine rings is 1. The number of anilines is 1. The van der Waals surface area contributed by atoms with Crippen LogP contribution in [-0.2, 0) is 0 Å². The summed E-state index contributed by atoms with van der Waals surface area (Å²) in [5.41, 5.74) is 7.56. The van der Waals surface area contributed by atoms with Gasteiger partial charge in [0.15, 0.2) is 0 Å². The zero-order valence-electron chi connectivity index (χ0n) is 11.3. The Morgan fingerprint density at radius 1 is 1.40 bits per heavy atom. The summed E-state index contributed by atoms with van der Waals surface area (Å²) in [4.78, 5) is 1.72. The van der Waals surface area contributed by atoms with Crippen molar-refractivity contribution in [2.24, 2.45) is 11.7 Å². The average Bonchev–Trinajstić information content (AvgIpc) is 2.37. The molecule has 1 aromatic carbocycles. The highest BCUT2D eigenvalue weighted by Gasteiger charge is 2.42. The van der Waals surface area contributed by atoms with E-state index in [1.807, 2.05) is 13.0 Å². The Bertz CT molecular complexity index is 511. The topological polar surface area (TPSA) is 53.1 Å². The Morgan fingerprint density at radius 3 is 2.70 bits per heavy atom. The predicted molar refractivity (Wildman–Crippen MR) is 73.2 cm³/mol. The van der Waals surface area contributed by atoms with E-state index >= 15 is 0 Å². The maximum atomic E-state index is 12.9. The van der Waals surface area contributed by atoms with Crippen LogP contribution in [0, 0.1) is 18.3 Å². The molecule has 110 valence electrons. The molecule has 0 radical (unpaired) electrons. The van der Waals surface area contributed by atoms with Crippen LogP contribution in [0.1, 0.15) is 24.0 Å². The number of rotatable bonds is 2. The van der Waals surface area contributed by atoms with E-state index in [0.717, 1.165) is 5.56 Å². The molecule has 1 aliphatic heterocycles. The van der Waals surface area contributed by atoms with E-state index < -0.39 is 12.1 Å². The SMILES string of the molecule is Cc1cccc(C(=N)N)c1N1CCCC(C(F)(F)F)C1. The second kappa shape index (κ2) is 5.34. The lowest BCUT2D eigenvalue weighted by Gasteiger charge is -2.37. The van der Waals surface area contributed by atoms with Gasteiger partial charge in [-0.15, -0.1) is 0 Å². The quantitative estimate of drug-likeness (QED) is 0.648. The molecule has 1 aliphatic rings. The number of para-hydroxylation sites is 1. The molecule has 3 N–H and O–H groups in total. The number of halogens is 3. The van der Waals surface area contributed by atoms with E-state index in [2.05, 4.69) is 0 Å². The summed E-state index contributed by atoms with van der Waals surface area (Å²) in [5.74, 6) is -1.42. The second-order valence-electron chi connectivity index (χ2n) is 5.21. The summed E-state index contributed by atoms with van der Waals surface area (Å²) >= 11 is 0. The summed E-state index contributed by atoms with van der Waals surface area (Å²) in [6.07, 6.45) is -3.51. The first kappa shape index (κ1) is 14.7. The molecule has 6 heteroatoms. The van der Waals surface area contributed by atoms with E-state index in [0.29, 0.717) is 24.2 Å². The third-order valence-electron chi connectivity index (χ3n) is 3.73. The van der Waals surface area contributed by atoms with Gasteiger partial charge in [0.1, 0.15) is 5.84 Å². The maximum absolute atomic E-state index is 12.9. The number of nitrogens with two attached hydrogens (primary N) is 1. The van der Waals surface area contributed by atoms with Crippen LogP contribution in [0.5, 0.6) is 0 Å². The minimum Gasteiger partial charge on any atom is -0.384 e. The molecular weight excluding hydrogens is 267 g/mol. The van der Waals surface area contributed by atoms with Gasteiger partial charge in [-0.25, -0.2) is 0 Å². The van der Waals surface area contributed by atoms with Crippen molar-refractivity contribution in [3.05, 3.63) is 29.3 Å². The highest BCUT2D eigenvalue weighted by molar-refractivity contribution is 6.01. The Morgan fingerprint density at radius 2 is 2.10 bits per heavy atom. The Labute approximate surface area is 116 Å². The van der Waals surface area contributed by atoms with Crippen LogP contribution in [0.15, 0.2) is 18.2 Å². The van der Waals surface area contributed by atoms with Crippen LogP contribution in [0.4, 0.5) is 18.9 Å². The lowest BCUT2D eigenvalue weighted by atomic mass is 9.95. The van der Waals surface area contributed by atoms with Crippen LogP contribution in [0.2, 0.25) is 0 Å². The second-order valence-corrected chi connectivity index (χ2v) is 5.21. The summed E-state index contributed by atoms with van der Waals surface area (Å²) in [6, 6.07) is 5.28. The molecule has 1 unspecified atom stereocenters. The van der Waals surface area contributed by atoms with Gasteiger partial charge in [-0.2, -0.15) is 13.2 Å². The molecule has 0 aliphatic carbocycles. The number of nitrogens with one attached hydrogen (secondary N) is 1. The summed E-state index contributed by atoms with van der Waals surface area (Å²) in [6.45, 7) is 2.34. The van der Waals surface area contributed by atoms with Crippen LogP contribution in [0.3, 0.4) is 0 Å². The Kier molecular flexibility index (Phi) is 3.92. The largest absolute Gasteiger partial charge is 0.393 e. The molecule has 0 spiro atoms. The fraction of sp³-hybridized carbons (Fsp3) is 0.500. The monoisotopic (exact) mass is 285 g/mol. The molecule has 1 saturated heterocycles. The highest BCUT2D eigenvalue weighted by atomic mass is 19.4. The van der Waals surface area contributed by atoms with Crippen LogP contribution < -0.4 is 10.6 Å². The molecule has 0 saturated carbocycles. The maximum Gasteiger partial charge on any atom is 0.393 e. The number of alkyl halides is 3. The van der Waals surface area contributed by atoms with Gasteiger partial charge >= 0.3 is 6.18 Å². The first-order valence-corrected chi connectivity index (χ1v) is 6.56. The van der Waals surface area contributed by atoms with Gasteiger partial charge in [-0.1, -0.05) is 12.1 Å². The Balaban J connectivity index is 2.34. The van der Waals surface area contributed by atoms with Crippen LogP contribution in [0.25, 0.3) is 0 Å². The van der Waals surface area contributed by atoms with Crippen molar-refractivity contribution >= 4 is 11.5 Å². The molecule has 1 fully saturated rings. The first-order valence-electron chi connectivity index (χ1n) is 6.56. The highest BCUT2D eigenvalue weighted by Crippen LogP contribution is 2.36. The average molecular weight is 285 g/mol. The molecule has 1 heterocycles. The molecular formula is C14H18F3N3. The van der Waals surface area contributed by atoms with Gasteiger partial charge in [0, 0.05) is 18.7 Å². The predicted octanol–water partition coefficient (Wildman–Crippen LogP) is 3.06. The van der Waals surface area contributed by atoms with E-state index in [1.165, 1.54) is 0 Å². The van der Waals surface area contributed by atoms with Crippen molar-refractivity contribution in [3.8, 4) is 0 Å².